The number of fused-ring (bicyclic) bond motifs is 1. The number of benzene rings is 2. The molecule has 1 N–H and O–H groups in total. The molecule has 39 heavy (non-hydrogen) atoms. The number of aromatic nitrogens is 5. The summed E-state index contributed by atoms with van der Waals surface area (Å²) in [7, 11) is 1.47. The van der Waals surface area contributed by atoms with Crippen molar-refractivity contribution in [2.75, 3.05) is 12.4 Å². The molecule has 3 aromatic heterocycles. The largest absolute Gasteiger partial charge is 0.497 e. The van der Waals surface area contributed by atoms with E-state index in [-0.39, 0.29) is 34.3 Å². The number of alkyl halides is 3. The topological polar surface area (TPSA) is 86.3 Å². The Morgan fingerprint density at radius 2 is 1.74 bits per heavy atom. The van der Waals surface area contributed by atoms with Crippen LogP contribution in [-0.4, -0.2) is 37.4 Å². The summed E-state index contributed by atoms with van der Waals surface area (Å²) in [5.74, 6) is -0.305. The molecule has 14 heteroatoms. The van der Waals surface area contributed by atoms with Crippen molar-refractivity contribution in [2.45, 2.75) is 12.7 Å². The van der Waals surface area contributed by atoms with Crippen LogP contribution in [-0.2, 0) is 12.7 Å². The average molecular weight is 596 g/mol. The molecule has 5 aromatic rings. The van der Waals surface area contributed by atoms with E-state index in [2.05, 4.69) is 20.5 Å². The SMILES string of the molecule is COc1ccc(-c2cc(C(F)(F)F)n3ncc(C(=O)Nc4nn(Cc5c(Cl)cccc5Cl)cc4Cl)c3n2)cc1. The fraction of sp³-hybridized carbons (Fsp3) is 0.120. The second-order valence-electron chi connectivity index (χ2n) is 8.22. The molecule has 5 rings (SSSR count). The normalized spacial score (nSPS) is 11.7. The van der Waals surface area contributed by atoms with E-state index in [9.17, 15) is 18.0 Å². The lowest BCUT2D eigenvalue weighted by Crippen LogP contribution is -2.16. The van der Waals surface area contributed by atoms with E-state index in [4.69, 9.17) is 39.5 Å². The van der Waals surface area contributed by atoms with Crippen LogP contribution in [0.1, 0.15) is 21.6 Å². The van der Waals surface area contributed by atoms with Crippen LogP contribution in [0.5, 0.6) is 5.75 Å². The van der Waals surface area contributed by atoms with Crippen LogP contribution in [0.3, 0.4) is 0 Å². The molecular weight excluding hydrogens is 580 g/mol. The molecule has 0 spiro atoms. The highest BCUT2D eigenvalue weighted by Crippen LogP contribution is 2.33. The number of halogens is 6. The predicted octanol–water partition coefficient (Wildman–Crippen LogP) is 6.88. The fourth-order valence-electron chi connectivity index (χ4n) is 3.82. The van der Waals surface area contributed by atoms with Gasteiger partial charge in [0.15, 0.2) is 17.2 Å². The molecule has 0 atom stereocenters. The van der Waals surface area contributed by atoms with Crippen LogP contribution in [0.2, 0.25) is 15.1 Å². The summed E-state index contributed by atoms with van der Waals surface area (Å²) >= 11 is 18.7. The van der Waals surface area contributed by atoms with Gasteiger partial charge in [-0.2, -0.15) is 23.4 Å². The van der Waals surface area contributed by atoms with E-state index in [1.807, 2.05) is 0 Å². The zero-order chi connectivity index (χ0) is 27.9. The summed E-state index contributed by atoms with van der Waals surface area (Å²) in [6.07, 6.45) is -2.32. The Labute approximate surface area is 233 Å². The number of amides is 1. The summed E-state index contributed by atoms with van der Waals surface area (Å²) in [4.78, 5) is 17.5. The second kappa shape index (κ2) is 10.4. The minimum absolute atomic E-state index is 0.00837. The van der Waals surface area contributed by atoms with Gasteiger partial charge in [0, 0.05) is 27.4 Å². The summed E-state index contributed by atoms with van der Waals surface area (Å²) in [5.41, 5.74) is -0.642. The van der Waals surface area contributed by atoms with Crippen molar-refractivity contribution in [1.29, 1.82) is 0 Å². The summed E-state index contributed by atoms with van der Waals surface area (Å²) in [6.45, 7) is 0.159. The van der Waals surface area contributed by atoms with Gasteiger partial charge in [-0.15, -0.1) is 0 Å². The number of hydrogen-bond acceptors (Lipinski definition) is 5. The molecule has 0 fully saturated rings. The van der Waals surface area contributed by atoms with Gasteiger partial charge in [-0.3, -0.25) is 9.48 Å². The second-order valence-corrected chi connectivity index (χ2v) is 9.45. The molecule has 3 heterocycles. The average Bonchev–Trinajstić information content (AvgIpc) is 3.48. The van der Waals surface area contributed by atoms with Crippen molar-refractivity contribution in [2.24, 2.45) is 0 Å². The Bertz CT molecular complexity index is 1680. The lowest BCUT2D eigenvalue weighted by atomic mass is 10.1. The summed E-state index contributed by atoms with van der Waals surface area (Å²) in [6, 6.07) is 12.2. The van der Waals surface area contributed by atoms with Gasteiger partial charge >= 0.3 is 6.18 Å². The lowest BCUT2D eigenvalue weighted by molar-refractivity contribution is -0.142. The molecule has 0 unspecified atom stereocenters. The molecule has 0 aliphatic heterocycles. The van der Waals surface area contributed by atoms with Crippen molar-refractivity contribution in [3.8, 4) is 17.0 Å². The molecule has 0 radical (unpaired) electrons. The van der Waals surface area contributed by atoms with Gasteiger partial charge in [-0.1, -0.05) is 40.9 Å². The van der Waals surface area contributed by atoms with E-state index >= 15 is 0 Å². The first-order chi connectivity index (χ1) is 18.5. The van der Waals surface area contributed by atoms with Gasteiger partial charge in [-0.25, -0.2) is 9.50 Å². The maximum absolute atomic E-state index is 13.9. The Morgan fingerprint density at radius 1 is 1.05 bits per heavy atom. The van der Waals surface area contributed by atoms with Crippen molar-refractivity contribution in [1.82, 2.24) is 24.4 Å². The third-order valence-electron chi connectivity index (χ3n) is 5.72. The van der Waals surface area contributed by atoms with Crippen molar-refractivity contribution in [3.63, 3.8) is 0 Å². The minimum atomic E-state index is -4.77. The highest BCUT2D eigenvalue weighted by Gasteiger charge is 2.36. The number of carbonyl (C=O) groups excluding carboxylic acids is 1. The monoisotopic (exact) mass is 594 g/mol. The molecule has 0 aliphatic rings. The summed E-state index contributed by atoms with van der Waals surface area (Å²) < 4.78 is 48.9. The van der Waals surface area contributed by atoms with Gasteiger partial charge in [0.25, 0.3) is 5.91 Å². The zero-order valence-corrected chi connectivity index (χ0v) is 22.1. The number of hydrogen-bond donors (Lipinski definition) is 1. The van der Waals surface area contributed by atoms with Gasteiger partial charge < -0.3 is 10.1 Å². The quantitative estimate of drug-likeness (QED) is 0.231. The Balaban J connectivity index is 1.49. The highest BCUT2D eigenvalue weighted by atomic mass is 35.5. The number of nitrogens with zero attached hydrogens (tertiary/aromatic N) is 5. The third kappa shape index (κ3) is 5.38. The number of anilines is 1. The number of methoxy groups -OCH3 is 1. The molecule has 0 saturated heterocycles. The lowest BCUT2D eigenvalue weighted by Gasteiger charge is -2.12. The molecule has 0 aliphatic carbocycles. The molecule has 2 aromatic carbocycles. The van der Waals surface area contributed by atoms with Gasteiger partial charge in [0.05, 0.1) is 25.5 Å². The predicted molar refractivity (Wildman–Crippen MR) is 141 cm³/mol. The van der Waals surface area contributed by atoms with Crippen LogP contribution < -0.4 is 10.1 Å². The van der Waals surface area contributed by atoms with Crippen LogP contribution in [0.4, 0.5) is 19.0 Å². The third-order valence-corrected chi connectivity index (χ3v) is 6.71. The number of rotatable bonds is 6. The van der Waals surface area contributed by atoms with Crippen molar-refractivity contribution in [3.05, 3.63) is 92.8 Å². The molecule has 0 saturated carbocycles. The van der Waals surface area contributed by atoms with Gasteiger partial charge in [0.1, 0.15) is 16.3 Å². The fourth-order valence-corrected chi connectivity index (χ4v) is 4.53. The van der Waals surface area contributed by atoms with E-state index in [0.29, 0.717) is 31.4 Å². The highest BCUT2D eigenvalue weighted by molar-refractivity contribution is 6.36. The van der Waals surface area contributed by atoms with E-state index in [1.165, 1.54) is 18.0 Å². The Morgan fingerprint density at radius 3 is 2.38 bits per heavy atom. The van der Waals surface area contributed by atoms with E-state index in [1.54, 1.807) is 42.5 Å². The molecule has 8 nitrogen and oxygen atoms in total. The zero-order valence-electron chi connectivity index (χ0n) is 19.8. The first-order valence-electron chi connectivity index (χ1n) is 11.1. The van der Waals surface area contributed by atoms with Crippen molar-refractivity contribution < 1.29 is 22.7 Å². The smallest absolute Gasteiger partial charge is 0.433 e. The van der Waals surface area contributed by atoms with Crippen LogP contribution in [0.15, 0.2) is 60.9 Å². The number of ether oxygens (including phenoxy) is 1. The Hall–Kier alpha value is -3.80. The van der Waals surface area contributed by atoms with Crippen LogP contribution in [0.25, 0.3) is 16.9 Å². The molecule has 1 amide bonds. The molecule has 0 bridgehead atoms. The van der Waals surface area contributed by atoms with Crippen LogP contribution in [0, 0.1) is 0 Å². The standard InChI is InChI=1S/C25H16Cl3F3N6O2/c1-39-14-7-5-13(6-8-14)20-9-21(25(29,30)31)37-23(33-20)15(10-32-37)24(38)34-22-19(28)12-36(35-22)11-16-17(26)3-2-4-18(16)27/h2-10,12H,11H2,1H3,(H,34,35,38). The molecular formula is C25H16Cl3F3N6O2. The van der Waals surface area contributed by atoms with Crippen LogP contribution >= 0.6 is 34.8 Å². The molecule has 200 valence electrons. The maximum Gasteiger partial charge on any atom is 0.433 e. The van der Waals surface area contributed by atoms with Crippen molar-refractivity contribution >= 4 is 52.2 Å². The maximum atomic E-state index is 13.9. The number of carbonyl (C=O) groups is 1. The van der Waals surface area contributed by atoms with E-state index < -0.39 is 17.8 Å². The minimum Gasteiger partial charge on any atom is -0.497 e. The number of nitrogens with one attached hydrogen (secondary N) is 1. The van der Waals surface area contributed by atoms with E-state index in [0.717, 1.165) is 12.3 Å². The first kappa shape index (κ1) is 26.8. The first-order valence-corrected chi connectivity index (χ1v) is 12.3. The van der Waals surface area contributed by atoms with Gasteiger partial charge in [-0.05, 0) is 42.5 Å². The summed E-state index contributed by atoms with van der Waals surface area (Å²) in [5, 5.41) is 11.5. The Kier molecular flexibility index (Phi) is 7.15. The van der Waals surface area contributed by atoms with Gasteiger partial charge in [0.2, 0.25) is 0 Å².